The smallest absolute Gasteiger partial charge is 0.131 e. The fourth-order valence-corrected chi connectivity index (χ4v) is 2.15. The van der Waals surface area contributed by atoms with Crippen molar-refractivity contribution in [3.63, 3.8) is 0 Å². The molecule has 0 N–H and O–H groups in total. The first-order valence-corrected chi connectivity index (χ1v) is 6.75. The molecule has 0 aliphatic heterocycles. The van der Waals surface area contributed by atoms with E-state index in [9.17, 15) is 8.78 Å². The maximum absolute atomic E-state index is 13.8. The summed E-state index contributed by atoms with van der Waals surface area (Å²) < 4.78 is 27.0. The molecule has 2 rings (SSSR count). The SMILES string of the molecule is CCN(CC)Cc1cncc(-c2cc(F)ccc2F)c1. The van der Waals surface area contributed by atoms with Crippen molar-refractivity contribution >= 4 is 0 Å². The van der Waals surface area contributed by atoms with Gasteiger partial charge >= 0.3 is 0 Å². The predicted molar refractivity (Wildman–Crippen MR) is 76.2 cm³/mol. The monoisotopic (exact) mass is 276 g/mol. The molecule has 0 saturated heterocycles. The lowest BCUT2D eigenvalue weighted by atomic mass is 10.1. The molecule has 20 heavy (non-hydrogen) atoms. The minimum absolute atomic E-state index is 0.249. The van der Waals surface area contributed by atoms with Crippen LogP contribution in [0.5, 0.6) is 0 Å². The van der Waals surface area contributed by atoms with Gasteiger partial charge in [0.05, 0.1) is 0 Å². The topological polar surface area (TPSA) is 16.1 Å². The van der Waals surface area contributed by atoms with Gasteiger partial charge in [-0.1, -0.05) is 13.8 Å². The van der Waals surface area contributed by atoms with Crippen LogP contribution in [0, 0.1) is 11.6 Å². The van der Waals surface area contributed by atoms with Gasteiger partial charge in [-0.15, -0.1) is 0 Å². The molecule has 0 fully saturated rings. The minimum atomic E-state index is -0.449. The van der Waals surface area contributed by atoms with Gasteiger partial charge in [-0.25, -0.2) is 8.78 Å². The molecule has 0 amide bonds. The Hall–Kier alpha value is -1.81. The highest BCUT2D eigenvalue weighted by molar-refractivity contribution is 5.63. The summed E-state index contributed by atoms with van der Waals surface area (Å²) in [6.45, 7) is 6.81. The molecule has 0 aliphatic rings. The lowest BCUT2D eigenvalue weighted by Gasteiger charge is -2.18. The Morgan fingerprint density at radius 1 is 1.05 bits per heavy atom. The fourth-order valence-electron chi connectivity index (χ4n) is 2.15. The highest BCUT2D eigenvalue weighted by atomic mass is 19.1. The van der Waals surface area contributed by atoms with Crippen molar-refractivity contribution in [1.29, 1.82) is 0 Å². The van der Waals surface area contributed by atoms with Crippen LogP contribution >= 0.6 is 0 Å². The van der Waals surface area contributed by atoms with Gasteiger partial charge in [-0.05, 0) is 42.9 Å². The molecule has 0 bridgehead atoms. The van der Waals surface area contributed by atoms with Gasteiger partial charge in [-0.3, -0.25) is 9.88 Å². The van der Waals surface area contributed by atoms with Crippen molar-refractivity contribution in [1.82, 2.24) is 9.88 Å². The molecule has 1 heterocycles. The van der Waals surface area contributed by atoms with Crippen LogP contribution < -0.4 is 0 Å². The van der Waals surface area contributed by atoms with E-state index in [1.165, 1.54) is 6.07 Å². The van der Waals surface area contributed by atoms with E-state index < -0.39 is 11.6 Å². The molecule has 0 aliphatic carbocycles. The summed E-state index contributed by atoms with van der Waals surface area (Å²) in [6.07, 6.45) is 3.32. The van der Waals surface area contributed by atoms with Crippen molar-refractivity contribution in [2.75, 3.05) is 13.1 Å². The summed E-state index contributed by atoms with van der Waals surface area (Å²) in [4.78, 5) is 6.38. The third-order valence-corrected chi connectivity index (χ3v) is 3.33. The summed E-state index contributed by atoms with van der Waals surface area (Å²) >= 11 is 0. The van der Waals surface area contributed by atoms with Crippen molar-refractivity contribution in [2.45, 2.75) is 20.4 Å². The van der Waals surface area contributed by atoms with Gasteiger partial charge in [-0.2, -0.15) is 0 Å². The molecular weight excluding hydrogens is 258 g/mol. The van der Waals surface area contributed by atoms with Crippen molar-refractivity contribution < 1.29 is 8.78 Å². The Balaban J connectivity index is 2.32. The summed E-state index contributed by atoms with van der Waals surface area (Å²) in [5.41, 5.74) is 1.85. The van der Waals surface area contributed by atoms with E-state index >= 15 is 0 Å². The summed E-state index contributed by atoms with van der Waals surface area (Å²) in [5.74, 6) is -0.885. The van der Waals surface area contributed by atoms with Crippen molar-refractivity contribution in [3.8, 4) is 11.1 Å². The van der Waals surface area contributed by atoms with Crippen LogP contribution in [0.25, 0.3) is 11.1 Å². The van der Waals surface area contributed by atoms with Crippen LogP contribution in [0.4, 0.5) is 8.78 Å². The van der Waals surface area contributed by atoms with E-state index in [2.05, 4.69) is 23.7 Å². The normalized spacial score (nSPS) is 11.1. The first kappa shape index (κ1) is 14.6. The predicted octanol–water partition coefficient (Wildman–Crippen LogP) is 3.87. The summed E-state index contributed by atoms with van der Waals surface area (Å²) in [6, 6.07) is 5.32. The molecule has 0 radical (unpaired) electrons. The van der Waals surface area contributed by atoms with Gasteiger partial charge in [0.25, 0.3) is 0 Å². The Bertz CT molecular complexity index is 580. The zero-order valence-corrected chi connectivity index (χ0v) is 11.7. The van der Waals surface area contributed by atoms with Gasteiger partial charge < -0.3 is 0 Å². The fraction of sp³-hybridized carbons (Fsp3) is 0.312. The van der Waals surface area contributed by atoms with Crippen LogP contribution in [0.3, 0.4) is 0 Å². The highest BCUT2D eigenvalue weighted by Gasteiger charge is 2.09. The first-order valence-electron chi connectivity index (χ1n) is 6.75. The third kappa shape index (κ3) is 3.39. The standard InChI is InChI=1S/C16H18F2N2/c1-3-20(4-2)11-12-7-13(10-19-9-12)15-8-14(17)5-6-16(15)18/h5-10H,3-4,11H2,1-2H3. The molecule has 106 valence electrons. The van der Waals surface area contributed by atoms with E-state index in [0.717, 1.165) is 37.3 Å². The molecule has 1 aromatic heterocycles. The lowest BCUT2D eigenvalue weighted by molar-refractivity contribution is 0.295. The number of benzene rings is 1. The second kappa shape index (κ2) is 6.57. The van der Waals surface area contributed by atoms with Crippen LogP contribution in [0.15, 0.2) is 36.7 Å². The summed E-state index contributed by atoms with van der Waals surface area (Å²) in [7, 11) is 0. The molecule has 1 aromatic carbocycles. The van der Waals surface area contributed by atoms with Crippen LogP contribution in [0.2, 0.25) is 0 Å². The van der Waals surface area contributed by atoms with E-state index in [1.807, 2.05) is 6.07 Å². The van der Waals surface area contributed by atoms with Gasteiger partial charge in [0.1, 0.15) is 11.6 Å². The zero-order chi connectivity index (χ0) is 14.5. The maximum Gasteiger partial charge on any atom is 0.131 e. The van der Waals surface area contributed by atoms with E-state index in [0.29, 0.717) is 5.56 Å². The average Bonchev–Trinajstić information content (AvgIpc) is 2.47. The first-order chi connectivity index (χ1) is 9.63. The molecular formula is C16H18F2N2. The second-order valence-electron chi connectivity index (χ2n) is 4.67. The van der Waals surface area contributed by atoms with Crippen LogP contribution in [0.1, 0.15) is 19.4 Å². The second-order valence-corrected chi connectivity index (χ2v) is 4.67. The average molecular weight is 276 g/mol. The molecule has 4 heteroatoms. The number of aromatic nitrogens is 1. The summed E-state index contributed by atoms with van der Waals surface area (Å²) in [5, 5.41) is 0. The van der Waals surface area contributed by atoms with Gasteiger partial charge in [0.2, 0.25) is 0 Å². The quantitative estimate of drug-likeness (QED) is 0.824. The lowest BCUT2D eigenvalue weighted by Crippen LogP contribution is -2.22. The van der Waals surface area contributed by atoms with Crippen molar-refractivity contribution in [2.24, 2.45) is 0 Å². The Morgan fingerprint density at radius 3 is 2.50 bits per heavy atom. The Morgan fingerprint density at radius 2 is 1.80 bits per heavy atom. The van der Waals surface area contributed by atoms with Crippen LogP contribution in [-0.2, 0) is 6.54 Å². The van der Waals surface area contributed by atoms with Gasteiger partial charge in [0, 0.05) is 30.1 Å². The number of rotatable bonds is 5. The molecule has 0 spiro atoms. The minimum Gasteiger partial charge on any atom is -0.300 e. The highest BCUT2D eigenvalue weighted by Crippen LogP contribution is 2.24. The molecule has 2 nitrogen and oxygen atoms in total. The van der Waals surface area contributed by atoms with E-state index in [4.69, 9.17) is 0 Å². The number of nitrogens with zero attached hydrogens (tertiary/aromatic N) is 2. The zero-order valence-electron chi connectivity index (χ0n) is 11.7. The number of halogens is 2. The molecule has 0 unspecified atom stereocenters. The molecule has 0 saturated carbocycles. The number of hydrogen-bond acceptors (Lipinski definition) is 2. The molecule has 2 aromatic rings. The number of hydrogen-bond donors (Lipinski definition) is 0. The third-order valence-electron chi connectivity index (χ3n) is 3.33. The Kier molecular flexibility index (Phi) is 4.79. The van der Waals surface area contributed by atoms with Crippen LogP contribution in [-0.4, -0.2) is 23.0 Å². The molecule has 0 atom stereocenters. The number of pyridine rings is 1. The van der Waals surface area contributed by atoms with Crippen molar-refractivity contribution in [3.05, 3.63) is 53.9 Å². The largest absolute Gasteiger partial charge is 0.300 e. The van der Waals surface area contributed by atoms with Gasteiger partial charge in [0.15, 0.2) is 0 Å². The Labute approximate surface area is 118 Å². The van der Waals surface area contributed by atoms with E-state index in [1.54, 1.807) is 12.4 Å². The van der Waals surface area contributed by atoms with E-state index in [-0.39, 0.29) is 5.56 Å². The maximum atomic E-state index is 13.8.